The van der Waals surface area contributed by atoms with Gasteiger partial charge in [0.15, 0.2) is 11.6 Å². The fourth-order valence-electron chi connectivity index (χ4n) is 1.69. The topological polar surface area (TPSA) is 43.4 Å². The summed E-state index contributed by atoms with van der Waals surface area (Å²) in [5.41, 5.74) is 0.144. The van der Waals surface area contributed by atoms with Crippen LogP contribution in [0.5, 0.6) is 5.75 Å². The summed E-state index contributed by atoms with van der Waals surface area (Å²) in [7, 11) is 1.17. The monoisotopic (exact) mass is 268 g/mol. The molecule has 7 heteroatoms. The van der Waals surface area contributed by atoms with Gasteiger partial charge in [0.1, 0.15) is 5.82 Å². The zero-order valence-corrected chi connectivity index (χ0v) is 9.54. The van der Waals surface area contributed by atoms with Gasteiger partial charge < -0.3 is 4.74 Å². The molecule has 2 rings (SSSR count). The van der Waals surface area contributed by atoms with E-state index < -0.39 is 26.4 Å². The fraction of sp³-hybridized carbons (Fsp3) is 0.333. The molecule has 0 atom stereocenters. The van der Waals surface area contributed by atoms with Crippen molar-refractivity contribution in [2.75, 3.05) is 6.61 Å². The largest absolute Gasteiger partial charge is 0.490 e. The molecule has 0 unspecified atom stereocenters. The summed E-state index contributed by atoms with van der Waals surface area (Å²) < 4.78 is 53.4. The van der Waals surface area contributed by atoms with Gasteiger partial charge in [-0.2, -0.15) is 0 Å². The van der Waals surface area contributed by atoms with E-state index in [1.165, 1.54) is 0 Å². The van der Waals surface area contributed by atoms with Crippen molar-refractivity contribution in [3.05, 3.63) is 28.8 Å². The molecule has 0 saturated carbocycles. The second-order valence-corrected chi connectivity index (χ2v) is 6.19. The van der Waals surface area contributed by atoms with Crippen molar-refractivity contribution in [3.8, 4) is 5.75 Å². The minimum Gasteiger partial charge on any atom is -0.490 e. The van der Waals surface area contributed by atoms with Crippen LogP contribution >= 0.6 is 10.7 Å². The standard InChI is InChI=1S/C9H7ClF2O3S/c10-16(13,14)4-6-5-1-2-15-9(5)8(12)3-7(6)11/h3H,1-2,4H2. The number of fused-ring (bicyclic) bond motifs is 1. The fourth-order valence-corrected chi connectivity index (χ4v) is 2.68. The van der Waals surface area contributed by atoms with Crippen LogP contribution in [0.4, 0.5) is 8.78 Å². The van der Waals surface area contributed by atoms with E-state index in [0.29, 0.717) is 6.07 Å². The lowest BCUT2D eigenvalue weighted by Gasteiger charge is -2.07. The van der Waals surface area contributed by atoms with Gasteiger partial charge in [-0.05, 0) is 0 Å². The molecule has 1 heterocycles. The Balaban J connectivity index is 2.58. The minimum atomic E-state index is -3.88. The third kappa shape index (κ3) is 2.12. The zero-order valence-electron chi connectivity index (χ0n) is 7.97. The van der Waals surface area contributed by atoms with Crippen molar-refractivity contribution in [2.45, 2.75) is 12.2 Å². The number of benzene rings is 1. The molecule has 0 spiro atoms. The molecule has 0 radical (unpaired) electrons. The van der Waals surface area contributed by atoms with Crippen LogP contribution < -0.4 is 4.74 Å². The third-order valence-electron chi connectivity index (χ3n) is 2.31. The number of ether oxygens (including phenoxy) is 1. The summed E-state index contributed by atoms with van der Waals surface area (Å²) >= 11 is 0. The molecule has 1 aliphatic heterocycles. The summed E-state index contributed by atoms with van der Waals surface area (Å²) in [4.78, 5) is 0. The van der Waals surface area contributed by atoms with Crippen LogP contribution in [0.15, 0.2) is 6.07 Å². The number of halogens is 3. The van der Waals surface area contributed by atoms with Crippen molar-refractivity contribution in [1.82, 2.24) is 0 Å². The summed E-state index contributed by atoms with van der Waals surface area (Å²) in [6.45, 7) is 0.213. The van der Waals surface area contributed by atoms with E-state index in [2.05, 4.69) is 0 Å². The van der Waals surface area contributed by atoms with Crippen LogP contribution in [-0.4, -0.2) is 15.0 Å². The van der Waals surface area contributed by atoms with E-state index >= 15 is 0 Å². The molecule has 0 bridgehead atoms. The average Bonchev–Trinajstić information content (AvgIpc) is 2.59. The van der Waals surface area contributed by atoms with E-state index in [1.54, 1.807) is 0 Å². The van der Waals surface area contributed by atoms with E-state index in [9.17, 15) is 17.2 Å². The molecule has 3 nitrogen and oxygen atoms in total. The van der Waals surface area contributed by atoms with Crippen LogP contribution in [0.2, 0.25) is 0 Å². The molecule has 0 aromatic heterocycles. The zero-order chi connectivity index (χ0) is 11.9. The molecule has 0 saturated heterocycles. The molecule has 0 fully saturated rings. The number of rotatable bonds is 2. The van der Waals surface area contributed by atoms with Gasteiger partial charge in [-0.15, -0.1) is 0 Å². The Morgan fingerprint density at radius 3 is 2.69 bits per heavy atom. The molecule has 1 aromatic rings. The van der Waals surface area contributed by atoms with Crippen molar-refractivity contribution < 1.29 is 21.9 Å². The molecule has 0 aliphatic carbocycles. The van der Waals surface area contributed by atoms with Gasteiger partial charge in [0.05, 0.1) is 12.4 Å². The molecule has 0 N–H and O–H groups in total. The van der Waals surface area contributed by atoms with E-state index in [4.69, 9.17) is 15.4 Å². The highest BCUT2D eigenvalue weighted by Crippen LogP contribution is 2.34. The van der Waals surface area contributed by atoms with Crippen LogP contribution in [0.1, 0.15) is 11.1 Å². The maximum atomic E-state index is 13.4. The summed E-state index contributed by atoms with van der Waals surface area (Å²) in [5, 5.41) is 0. The first kappa shape index (κ1) is 11.6. The van der Waals surface area contributed by atoms with Crippen molar-refractivity contribution in [2.24, 2.45) is 0 Å². The summed E-state index contributed by atoms with van der Waals surface area (Å²) in [6, 6.07) is 0.613. The van der Waals surface area contributed by atoms with E-state index in [-0.39, 0.29) is 29.9 Å². The Bertz CT molecular complexity index is 542. The second kappa shape index (κ2) is 3.85. The first-order chi connectivity index (χ1) is 7.38. The van der Waals surface area contributed by atoms with Crippen LogP contribution in [-0.2, 0) is 21.2 Å². The smallest absolute Gasteiger partial charge is 0.236 e. The highest BCUT2D eigenvalue weighted by molar-refractivity contribution is 8.13. The van der Waals surface area contributed by atoms with Gasteiger partial charge >= 0.3 is 0 Å². The van der Waals surface area contributed by atoms with Gasteiger partial charge in [0.2, 0.25) is 9.05 Å². The lowest BCUT2D eigenvalue weighted by molar-refractivity contribution is 0.338. The van der Waals surface area contributed by atoms with Crippen LogP contribution in [0, 0.1) is 11.6 Å². The average molecular weight is 269 g/mol. The van der Waals surface area contributed by atoms with E-state index in [0.717, 1.165) is 0 Å². The van der Waals surface area contributed by atoms with Gasteiger partial charge in [-0.25, -0.2) is 17.2 Å². The Hall–Kier alpha value is -0.880. The predicted octanol–water partition coefficient (Wildman–Crippen LogP) is 1.97. The first-order valence-electron chi connectivity index (χ1n) is 4.43. The maximum Gasteiger partial charge on any atom is 0.236 e. The van der Waals surface area contributed by atoms with Crippen molar-refractivity contribution in [1.29, 1.82) is 0 Å². The van der Waals surface area contributed by atoms with Gasteiger partial charge in [-0.3, -0.25) is 0 Å². The summed E-state index contributed by atoms with van der Waals surface area (Å²) in [5.74, 6) is -2.46. The molecule has 1 aromatic carbocycles. The highest BCUT2D eigenvalue weighted by atomic mass is 35.7. The van der Waals surface area contributed by atoms with Crippen LogP contribution in [0.25, 0.3) is 0 Å². The quantitative estimate of drug-likeness (QED) is 0.770. The normalized spacial score (nSPS) is 14.7. The van der Waals surface area contributed by atoms with Crippen LogP contribution in [0.3, 0.4) is 0 Å². The SMILES string of the molecule is O=S(=O)(Cl)Cc1c(F)cc(F)c2c1CCO2. The third-order valence-corrected chi connectivity index (χ3v) is 3.27. The Labute approximate surface area is 95.4 Å². The second-order valence-electron chi connectivity index (χ2n) is 3.41. The molecule has 1 aliphatic rings. The van der Waals surface area contributed by atoms with Gasteiger partial charge in [0, 0.05) is 34.3 Å². The van der Waals surface area contributed by atoms with Crippen molar-refractivity contribution in [3.63, 3.8) is 0 Å². The molecule has 88 valence electrons. The molecule has 0 amide bonds. The highest BCUT2D eigenvalue weighted by Gasteiger charge is 2.26. The lowest BCUT2D eigenvalue weighted by atomic mass is 10.1. The van der Waals surface area contributed by atoms with Gasteiger partial charge in [-0.1, -0.05) is 0 Å². The summed E-state index contributed by atoms with van der Waals surface area (Å²) in [6.07, 6.45) is 0.283. The predicted molar refractivity (Wildman–Crippen MR) is 54.0 cm³/mol. The number of hydrogen-bond donors (Lipinski definition) is 0. The molecular weight excluding hydrogens is 262 g/mol. The van der Waals surface area contributed by atoms with Crippen molar-refractivity contribution >= 4 is 19.7 Å². The maximum absolute atomic E-state index is 13.4. The Morgan fingerprint density at radius 2 is 2.06 bits per heavy atom. The van der Waals surface area contributed by atoms with E-state index in [1.807, 2.05) is 0 Å². The lowest BCUT2D eigenvalue weighted by Crippen LogP contribution is -2.03. The number of hydrogen-bond acceptors (Lipinski definition) is 3. The Kier molecular flexibility index (Phi) is 2.79. The first-order valence-corrected chi connectivity index (χ1v) is 6.91. The Morgan fingerprint density at radius 1 is 1.38 bits per heavy atom. The minimum absolute atomic E-state index is 0.0725. The van der Waals surface area contributed by atoms with Gasteiger partial charge in [0.25, 0.3) is 0 Å². The molecule has 16 heavy (non-hydrogen) atoms. The molecular formula is C9H7ClF2O3S.